The van der Waals surface area contributed by atoms with Crippen LogP contribution < -0.4 is 11.1 Å². The van der Waals surface area contributed by atoms with Crippen molar-refractivity contribution in [2.75, 3.05) is 6.54 Å². The summed E-state index contributed by atoms with van der Waals surface area (Å²) in [7, 11) is 0. The quantitative estimate of drug-likeness (QED) is 0.576. The molecule has 74 valence electrons. The molecule has 2 unspecified atom stereocenters. The lowest BCUT2D eigenvalue weighted by atomic mass is 10.1. The van der Waals surface area contributed by atoms with Crippen molar-refractivity contribution in [2.24, 2.45) is 5.73 Å². The van der Waals surface area contributed by atoms with E-state index >= 15 is 0 Å². The van der Waals surface area contributed by atoms with Crippen LogP contribution in [0.15, 0.2) is 0 Å². The van der Waals surface area contributed by atoms with Crippen molar-refractivity contribution in [3.05, 3.63) is 0 Å². The molecular weight excluding hydrogens is 148 g/mol. The van der Waals surface area contributed by atoms with Crippen LogP contribution >= 0.6 is 0 Å². The van der Waals surface area contributed by atoms with Crippen molar-refractivity contribution in [1.82, 2.24) is 5.32 Å². The zero-order valence-corrected chi connectivity index (χ0v) is 8.77. The summed E-state index contributed by atoms with van der Waals surface area (Å²) < 4.78 is 0. The summed E-state index contributed by atoms with van der Waals surface area (Å²) in [5, 5.41) is 3.47. The molecule has 12 heavy (non-hydrogen) atoms. The Bertz CT molecular complexity index is 91.8. The van der Waals surface area contributed by atoms with E-state index in [-0.39, 0.29) is 0 Å². The van der Waals surface area contributed by atoms with Crippen LogP contribution in [0.4, 0.5) is 0 Å². The number of hydrogen-bond acceptors (Lipinski definition) is 2. The highest BCUT2D eigenvalue weighted by Gasteiger charge is 2.02. The third kappa shape index (κ3) is 8.02. The molecule has 2 nitrogen and oxygen atoms in total. The van der Waals surface area contributed by atoms with Crippen molar-refractivity contribution in [3.8, 4) is 0 Å². The van der Waals surface area contributed by atoms with Gasteiger partial charge in [0.1, 0.15) is 0 Å². The van der Waals surface area contributed by atoms with Crippen molar-refractivity contribution in [2.45, 2.75) is 58.5 Å². The predicted molar refractivity (Wildman–Crippen MR) is 55.3 cm³/mol. The summed E-state index contributed by atoms with van der Waals surface area (Å²) >= 11 is 0. The van der Waals surface area contributed by atoms with E-state index in [9.17, 15) is 0 Å². The summed E-state index contributed by atoms with van der Waals surface area (Å²) in [5.74, 6) is 0. The molecule has 0 saturated carbocycles. The van der Waals surface area contributed by atoms with Gasteiger partial charge in [-0.25, -0.2) is 0 Å². The molecule has 0 radical (unpaired) electrons. The van der Waals surface area contributed by atoms with E-state index in [0.717, 1.165) is 13.0 Å². The van der Waals surface area contributed by atoms with Crippen molar-refractivity contribution in [3.63, 3.8) is 0 Å². The summed E-state index contributed by atoms with van der Waals surface area (Å²) in [6.07, 6.45) is 4.99. The molecule has 0 bridgehead atoms. The maximum Gasteiger partial charge on any atom is 0.00533 e. The van der Waals surface area contributed by atoms with Gasteiger partial charge in [0.25, 0.3) is 0 Å². The number of hydrogen-bond donors (Lipinski definition) is 2. The van der Waals surface area contributed by atoms with E-state index in [1.807, 2.05) is 0 Å². The number of nitrogens with one attached hydrogen (secondary N) is 1. The van der Waals surface area contributed by atoms with Gasteiger partial charge in [0.15, 0.2) is 0 Å². The van der Waals surface area contributed by atoms with Crippen molar-refractivity contribution >= 4 is 0 Å². The maximum absolute atomic E-state index is 5.68. The summed E-state index contributed by atoms with van der Waals surface area (Å²) in [6.45, 7) is 7.63. The maximum atomic E-state index is 5.68. The predicted octanol–water partition coefficient (Wildman–Crippen LogP) is 1.89. The van der Waals surface area contributed by atoms with Gasteiger partial charge < -0.3 is 11.1 Å². The van der Waals surface area contributed by atoms with E-state index in [1.54, 1.807) is 0 Å². The molecule has 2 heteroatoms. The van der Waals surface area contributed by atoms with Gasteiger partial charge in [-0.2, -0.15) is 0 Å². The van der Waals surface area contributed by atoms with Gasteiger partial charge in [-0.3, -0.25) is 0 Å². The minimum atomic E-state index is 0.318. The molecule has 0 aromatic carbocycles. The Morgan fingerprint density at radius 1 is 1.25 bits per heavy atom. The Kier molecular flexibility index (Phi) is 7.51. The Balaban J connectivity index is 3.14. The molecule has 0 saturated heterocycles. The molecule has 0 heterocycles. The molecule has 3 N–H and O–H groups in total. The second-order valence-electron chi connectivity index (χ2n) is 3.78. The van der Waals surface area contributed by atoms with E-state index < -0.39 is 0 Å². The summed E-state index contributed by atoms with van der Waals surface area (Å²) in [4.78, 5) is 0. The molecule has 0 aliphatic rings. The highest BCUT2D eigenvalue weighted by molar-refractivity contribution is 4.65. The molecule has 0 aliphatic heterocycles. The van der Waals surface area contributed by atoms with Crippen LogP contribution in [0.3, 0.4) is 0 Å². The van der Waals surface area contributed by atoms with E-state index in [2.05, 4.69) is 26.1 Å². The van der Waals surface area contributed by atoms with Gasteiger partial charge in [0.2, 0.25) is 0 Å². The van der Waals surface area contributed by atoms with E-state index in [0.29, 0.717) is 12.1 Å². The highest BCUT2D eigenvalue weighted by atomic mass is 14.9. The molecule has 0 rings (SSSR count). The van der Waals surface area contributed by atoms with E-state index in [1.165, 1.54) is 19.3 Å². The molecular formula is C10H24N2. The Hall–Kier alpha value is -0.0800. The lowest BCUT2D eigenvalue weighted by Crippen LogP contribution is -2.32. The molecule has 0 amide bonds. The lowest BCUT2D eigenvalue weighted by molar-refractivity contribution is 0.468. The second-order valence-corrected chi connectivity index (χ2v) is 3.78. The molecule has 0 aromatic rings. The first-order valence-corrected chi connectivity index (χ1v) is 5.15. The highest BCUT2D eigenvalue weighted by Crippen LogP contribution is 1.96. The van der Waals surface area contributed by atoms with Crippen molar-refractivity contribution in [1.29, 1.82) is 0 Å². The Labute approximate surface area is 76.9 Å². The van der Waals surface area contributed by atoms with Gasteiger partial charge >= 0.3 is 0 Å². The van der Waals surface area contributed by atoms with Crippen LogP contribution in [0, 0.1) is 0 Å². The molecule has 0 fully saturated rings. The zero-order valence-electron chi connectivity index (χ0n) is 8.77. The third-order valence-electron chi connectivity index (χ3n) is 2.00. The summed E-state index contributed by atoms with van der Waals surface area (Å²) in [6, 6.07) is 0.889. The van der Waals surface area contributed by atoms with Crippen LogP contribution in [-0.2, 0) is 0 Å². The average Bonchev–Trinajstić information content (AvgIpc) is 1.97. The van der Waals surface area contributed by atoms with E-state index in [4.69, 9.17) is 5.73 Å². The normalized spacial score (nSPS) is 16.0. The van der Waals surface area contributed by atoms with Crippen LogP contribution in [0.1, 0.15) is 46.5 Å². The fourth-order valence-corrected chi connectivity index (χ4v) is 1.36. The van der Waals surface area contributed by atoms with Gasteiger partial charge in [-0.1, -0.05) is 19.8 Å². The Morgan fingerprint density at radius 3 is 2.42 bits per heavy atom. The minimum absolute atomic E-state index is 0.318. The number of unbranched alkanes of at least 4 members (excludes halogenated alkanes) is 2. The van der Waals surface area contributed by atoms with Gasteiger partial charge in [0, 0.05) is 12.1 Å². The minimum Gasteiger partial charge on any atom is -0.328 e. The second kappa shape index (κ2) is 7.56. The fourth-order valence-electron chi connectivity index (χ4n) is 1.36. The van der Waals surface area contributed by atoms with Gasteiger partial charge in [0.05, 0.1) is 0 Å². The largest absolute Gasteiger partial charge is 0.328 e. The zero-order chi connectivity index (χ0) is 9.40. The molecule has 0 aliphatic carbocycles. The first-order valence-electron chi connectivity index (χ1n) is 5.15. The standard InChI is InChI=1S/C10H24N2/c1-4-5-6-7-12-10(3)8-9(2)11/h9-10,12H,4-8,11H2,1-3H3. The van der Waals surface area contributed by atoms with Crippen LogP contribution in [-0.4, -0.2) is 18.6 Å². The topological polar surface area (TPSA) is 38.0 Å². The van der Waals surface area contributed by atoms with Crippen LogP contribution in [0.5, 0.6) is 0 Å². The number of rotatable bonds is 7. The number of nitrogens with two attached hydrogens (primary N) is 1. The average molecular weight is 172 g/mol. The van der Waals surface area contributed by atoms with Crippen LogP contribution in [0.25, 0.3) is 0 Å². The Morgan fingerprint density at radius 2 is 1.92 bits per heavy atom. The monoisotopic (exact) mass is 172 g/mol. The fraction of sp³-hybridized carbons (Fsp3) is 1.00. The lowest BCUT2D eigenvalue weighted by Gasteiger charge is -2.15. The molecule has 0 aromatic heterocycles. The summed E-state index contributed by atoms with van der Waals surface area (Å²) in [5.41, 5.74) is 5.68. The first-order chi connectivity index (χ1) is 5.66. The third-order valence-corrected chi connectivity index (χ3v) is 2.00. The van der Waals surface area contributed by atoms with Gasteiger partial charge in [-0.05, 0) is 33.2 Å². The SMILES string of the molecule is CCCCCNC(C)CC(C)N. The smallest absolute Gasteiger partial charge is 0.00533 e. The van der Waals surface area contributed by atoms with Crippen LogP contribution in [0.2, 0.25) is 0 Å². The molecule has 0 spiro atoms. The molecule has 2 atom stereocenters. The first kappa shape index (κ1) is 11.9. The van der Waals surface area contributed by atoms with Gasteiger partial charge in [-0.15, -0.1) is 0 Å². The van der Waals surface area contributed by atoms with Crippen molar-refractivity contribution < 1.29 is 0 Å².